The van der Waals surface area contributed by atoms with E-state index in [2.05, 4.69) is 61.9 Å². The predicted octanol–water partition coefficient (Wildman–Crippen LogP) is 4.56. The molecule has 1 aromatic carbocycles. The van der Waals surface area contributed by atoms with E-state index in [0.29, 0.717) is 35.0 Å². The summed E-state index contributed by atoms with van der Waals surface area (Å²) < 4.78 is 7.60. The smallest absolute Gasteiger partial charge is 0.232 e. The van der Waals surface area contributed by atoms with Crippen LogP contribution in [0.3, 0.4) is 0 Å². The first-order valence-electron chi connectivity index (χ1n) is 10.5. The zero-order valence-corrected chi connectivity index (χ0v) is 19.1. The summed E-state index contributed by atoms with van der Waals surface area (Å²) in [7, 11) is 0. The molecule has 166 valence electrons. The zero-order chi connectivity index (χ0) is 22.5. The molecule has 4 aromatic rings. The summed E-state index contributed by atoms with van der Waals surface area (Å²) in [6.45, 7) is 7.18. The number of aryl methyl sites for hydroxylation is 1. The lowest BCUT2D eigenvalue weighted by atomic mass is 10.1. The Hall–Kier alpha value is -3.40. The third-order valence-electron chi connectivity index (χ3n) is 4.68. The van der Waals surface area contributed by atoms with Gasteiger partial charge in [0.05, 0.1) is 12.0 Å². The predicted molar refractivity (Wildman–Crippen MR) is 125 cm³/mol. The Labute approximate surface area is 190 Å². The minimum Gasteiger partial charge on any atom is -0.461 e. The van der Waals surface area contributed by atoms with Crippen molar-refractivity contribution in [1.82, 2.24) is 29.7 Å². The first-order valence-corrected chi connectivity index (χ1v) is 11.5. The van der Waals surface area contributed by atoms with Crippen LogP contribution in [0.1, 0.15) is 32.2 Å². The molecule has 9 nitrogen and oxygen atoms in total. The first-order chi connectivity index (χ1) is 15.5. The first kappa shape index (κ1) is 21.8. The fourth-order valence-corrected chi connectivity index (χ4v) is 4.07. The molecule has 0 saturated heterocycles. The average Bonchev–Trinajstić information content (AvgIpc) is 3.42. The normalized spacial score (nSPS) is 11.2. The van der Waals surface area contributed by atoms with Crippen LogP contribution in [0.2, 0.25) is 0 Å². The highest BCUT2D eigenvalue weighted by Crippen LogP contribution is 2.27. The van der Waals surface area contributed by atoms with Crippen LogP contribution in [0, 0.1) is 5.92 Å². The summed E-state index contributed by atoms with van der Waals surface area (Å²) in [6.07, 6.45) is 2.53. The highest BCUT2D eigenvalue weighted by molar-refractivity contribution is 7.98. The second-order valence-electron chi connectivity index (χ2n) is 7.65. The molecule has 0 aliphatic heterocycles. The molecule has 0 aliphatic carbocycles. The summed E-state index contributed by atoms with van der Waals surface area (Å²) in [5.41, 5.74) is 8.09. The van der Waals surface area contributed by atoms with Gasteiger partial charge in [-0.2, -0.15) is 15.0 Å². The van der Waals surface area contributed by atoms with Gasteiger partial charge in [0.15, 0.2) is 16.7 Å². The van der Waals surface area contributed by atoms with Crippen LogP contribution in [-0.2, 0) is 18.7 Å². The summed E-state index contributed by atoms with van der Waals surface area (Å²) in [4.78, 5) is 13.1. The minimum atomic E-state index is 0.173. The van der Waals surface area contributed by atoms with E-state index in [1.165, 1.54) is 17.3 Å². The fraction of sp³-hybridized carbons (Fsp3) is 0.318. The highest BCUT2D eigenvalue weighted by Gasteiger charge is 2.18. The van der Waals surface area contributed by atoms with Crippen LogP contribution in [0.15, 0.2) is 52.2 Å². The van der Waals surface area contributed by atoms with E-state index in [9.17, 15) is 0 Å². The molecule has 3 heterocycles. The Morgan fingerprint density at radius 3 is 2.69 bits per heavy atom. The minimum absolute atomic E-state index is 0.173. The Kier molecular flexibility index (Phi) is 6.69. The topological polar surface area (TPSA) is 121 Å². The third kappa shape index (κ3) is 5.08. The van der Waals surface area contributed by atoms with Crippen molar-refractivity contribution in [3.8, 4) is 11.6 Å². The molecule has 0 radical (unpaired) electrons. The lowest BCUT2D eigenvalue weighted by Crippen LogP contribution is -2.09. The number of hydrogen-bond acceptors (Lipinski definition) is 9. The van der Waals surface area contributed by atoms with Crippen molar-refractivity contribution in [3.63, 3.8) is 0 Å². The second-order valence-corrected chi connectivity index (χ2v) is 8.59. The number of para-hydroxylation sites is 1. The Morgan fingerprint density at radius 2 is 1.94 bits per heavy atom. The van der Waals surface area contributed by atoms with Crippen molar-refractivity contribution in [2.45, 2.75) is 44.6 Å². The number of aromatic nitrogens is 6. The van der Waals surface area contributed by atoms with Gasteiger partial charge in [-0.15, -0.1) is 10.2 Å². The van der Waals surface area contributed by atoms with Crippen molar-refractivity contribution in [2.24, 2.45) is 5.92 Å². The van der Waals surface area contributed by atoms with Gasteiger partial charge in [0.1, 0.15) is 5.82 Å². The number of nitrogens with zero attached hydrogens (tertiary/aromatic N) is 6. The quantitative estimate of drug-likeness (QED) is 0.353. The van der Waals surface area contributed by atoms with Crippen LogP contribution in [-0.4, -0.2) is 29.7 Å². The molecule has 0 aliphatic rings. The zero-order valence-electron chi connectivity index (χ0n) is 18.3. The van der Waals surface area contributed by atoms with E-state index >= 15 is 0 Å². The number of anilines is 3. The van der Waals surface area contributed by atoms with Gasteiger partial charge in [-0.1, -0.05) is 50.7 Å². The van der Waals surface area contributed by atoms with Crippen molar-refractivity contribution in [1.29, 1.82) is 0 Å². The maximum Gasteiger partial charge on any atom is 0.232 e. The van der Waals surface area contributed by atoms with Gasteiger partial charge < -0.3 is 15.5 Å². The summed E-state index contributed by atoms with van der Waals surface area (Å²) >= 11 is 1.50. The van der Waals surface area contributed by atoms with E-state index in [1.807, 2.05) is 30.3 Å². The molecular weight excluding hydrogens is 424 g/mol. The number of nitrogen functional groups attached to an aromatic ring is 1. The molecule has 0 spiro atoms. The van der Waals surface area contributed by atoms with Gasteiger partial charge in [-0.3, -0.25) is 4.57 Å². The SMILES string of the molecule is CCc1ccccc1Nc1nc(N)nc(CSc2nnc(-c3ccco3)n2CC(C)C)n1. The van der Waals surface area contributed by atoms with Gasteiger partial charge in [-0.25, -0.2) is 0 Å². The highest BCUT2D eigenvalue weighted by atomic mass is 32.2. The third-order valence-corrected chi connectivity index (χ3v) is 5.64. The number of nitrogens with one attached hydrogen (secondary N) is 1. The molecule has 3 N–H and O–H groups in total. The maximum absolute atomic E-state index is 5.96. The molecule has 0 saturated carbocycles. The van der Waals surface area contributed by atoms with Crippen LogP contribution in [0.4, 0.5) is 17.6 Å². The Morgan fingerprint density at radius 1 is 1.09 bits per heavy atom. The van der Waals surface area contributed by atoms with E-state index in [4.69, 9.17) is 10.2 Å². The Bertz CT molecular complexity index is 1170. The molecule has 0 fully saturated rings. The Balaban J connectivity index is 1.54. The number of rotatable bonds is 9. The number of nitrogens with two attached hydrogens (primary N) is 1. The van der Waals surface area contributed by atoms with Crippen molar-refractivity contribution >= 4 is 29.3 Å². The second kappa shape index (κ2) is 9.82. The van der Waals surface area contributed by atoms with E-state index in [0.717, 1.165) is 23.8 Å². The van der Waals surface area contributed by atoms with Gasteiger partial charge in [-0.05, 0) is 36.1 Å². The molecule has 3 aromatic heterocycles. The van der Waals surface area contributed by atoms with Crippen LogP contribution in [0.5, 0.6) is 0 Å². The molecular formula is C22H26N8OS. The maximum atomic E-state index is 5.96. The number of thioether (sulfide) groups is 1. The van der Waals surface area contributed by atoms with Gasteiger partial charge in [0, 0.05) is 12.2 Å². The summed E-state index contributed by atoms with van der Waals surface area (Å²) in [5, 5.41) is 12.8. The number of benzene rings is 1. The standard InChI is InChI=1S/C22H26N8OS/c1-4-15-8-5-6-9-16(15)24-21-26-18(25-20(23)27-21)13-32-22-29-28-19(17-10-7-11-31-17)30(22)12-14(2)3/h5-11,14H,4,12-13H2,1-3H3,(H3,23,24,25,26,27). The van der Waals surface area contributed by atoms with E-state index in [1.54, 1.807) is 6.26 Å². The van der Waals surface area contributed by atoms with Crippen LogP contribution >= 0.6 is 11.8 Å². The summed E-state index contributed by atoms with van der Waals surface area (Å²) in [5.74, 6) is 3.46. The fourth-order valence-electron chi connectivity index (χ4n) is 3.27. The average molecular weight is 451 g/mol. The van der Waals surface area contributed by atoms with Gasteiger partial charge in [0.2, 0.25) is 11.9 Å². The molecule has 0 unspecified atom stereocenters. The van der Waals surface area contributed by atoms with Gasteiger partial charge in [0.25, 0.3) is 0 Å². The summed E-state index contributed by atoms with van der Waals surface area (Å²) in [6, 6.07) is 11.8. The molecule has 4 rings (SSSR count). The molecule has 0 atom stereocenters. The number of hydrogen-bond donors (Lipinski definition) is 2. The molecule has 10 heteroatoms. The van der Waals surface area contributed by atoms with Crippen LogP contribution in [0.25, 0.3) is 11.6 Å². The lowest BCUT2D eigenvalue weighted by molar-refractivity contribution is 0.489. The van der Waals surface area contributed by atoms with E-state index < -0.39 is 0 Å². The molecule has 0 amide bonds. The van der Waals surface area contributed by atoms with Crippen molar-refractivity contribution in [3.05, 3.63) is 54.0 Å². The number of furan rings is 1. The molecule has 32 heavy (non-hydrogen) atoms. The van der Waals surface area contributed by atoms with Crippen molar-refractivity contribution in [2.75, 3.05) is 11.1 Å². The van der Waals surface area contributed by atoms with Crippen LogP contribution < -0.4 is 11.1 Å². The largest absolute Gasteiger partial charge is 0.461 e. The van der Waals surface area contributed by atoms with E-state index in [-0.39, 0.29) is 5.95 Å². The lowest BCUT2D eigenvalue weighted by Gasteiger charge is -2.12. The monoisotopic (exact) mass is 450 g/mol. The van der Waals surface area contributed by atoms with Gasteiger partial charge >= 0.3 is 0 Å². The molecule has 0 bridgehead atoms. The van der Waals surface area contributed by atoms with Crippen molar-refractivity contribution < 1.29 is 4.42 Å².